The summed E-state index contributed by atoms with van der Waals surface area (Å²) in [5.74, 6) is 0.384. The number of hydrogen-bond acceptors (Lipinski definition) is 2. The fourth-order valence-corrected chi connectivity index (χ4v) is 1.20. The van der Waals surface area contributed by atoms with Gasteiger partial charge in [-0.25, -0.2) is 0 Å². The summed E-state index contributed by atoms with van der Waals surface area (Å²) in [7, 11) is 1.81. The van der Waals surface area contributed by atoms with Gasteiger partial charge in [-0.05, 0) is 12.0 Å². The number of nitrogens with one attached hydrogen (secondary N) is 1. The molecule has 78 valence electrons. The van der Waals surface area contributed by atoms with Crippen molar-refractivity contribution in [2.24, 2.45) is 13.0 Å². The minimum absolute atomic E-state index is 0.0714. The van der Waals surface area contributed by atoms with Gasteiger partial charge in [0.1, 0.15) is 5.69 Å². The van der Waals surface area contributed by atoms with Crippen LogP contribution in [0.2, 0.25) is 0 Å². The largest absolute Gasteiger partial charge is 0.397 e. The van der Waals surface area contributed by atoms with Crippen molar-refractivity contribution < 1.29 is 4.79 Å². The third-order valence-corrected chi connectivity index (χ3v) is 1.93. The minimum atomic E-state index is -0.0714. The molecule has 1 rings (SSSR count). The van der Waals surface area contributed by atoms with Crippen molar-refractivity contribution >= 4 is 11.6 Å². The lowest BCUT2D eigenvalue weighted by atomic mass is 10.2. The van der Waals surface area contributed by atoms with E-state index < -0.39 is 0 Å². The lowest BCUT2D eigenvalue weighted by molar-refractivity contribution is 0.0941. The Kier molecular flexibility index (Phi) is 3.17. The molecule has 0 aliphatic carbocycles. The minimum Gasteiger partial charge on any atom is -0.397 e. The molecular formula is C10H17N3O. The fraction of sp³-hybridized carbons (Fsp3) is 0.500. The molecule has 0 aliphatic rings. The maximum Gasteiger partial charge on any atom is 0.267 e. The number of carbonyl (C=O) groups is 1. The van der Waals surface area contributed by atoms with Crippen LogP contribution >= 0.6 is 0 Å². The first-order valence-corrected chi connectivity index (χ1v) is 4.70. The number of nitrogen functional groups attached to an aromatic ring is 1. The first kappa shape index (κ1) is 10.6. The highest BCUT2D eigenvalue weighted by Crippen LogP contribution is 2.08. The summed E-state index contributed by atoms with van der Waals surface area (Å²) in [5.41, 5.74) is 6.79. The highest BCUT2D eigenvalue weighted by Gasteiger charge is 2.10. The van der Waals surface area contributed by atoms with Gasteiger partial charge in [-0.2, -0.15) is 0 Å². The van der Waals surface area contributed by atoms with Gasteiger partial charge in [-0.1, -0.05) is 13.8 Å². The van der Waals surface area contributed by atoms with Gasteiger partial charge in [0, 0.05) is 19.8 Å². The number of amides is 1. The first-order valence-electron chi connectivity index (χ1n) is 4.70. The summed E-state index contributed by atoms with van der Waals surface area (Å²) in [6.07, 6.45) is 1.73. The van der Waals surface area contributed by atoms with Gasteiger partial charge in [-0.3, -0.25) is 4.79 Å². The van der Waals surface area contributed by atoms with Gasteiger partial charge in [-0.15, -0.1) is 0 Å². The van der Waals surface area contributed by atoms with Crippen LogP contribution < -0.4 is 11.1 Å². The van der Waals surface area contributed by atoms with Crippen molar-refractivity contribution in [2.45, 2.75) is 13.8 Å². The topological polar surface area (TPSA) is 60.1 Å². The third kappa shape index (κ3) is 2.52. The van der Waals surface area contributed by atoms with Gasteiger partial charge >= 0.3 is 0 Å². The molecule has 0 spiro atoms. The Balaban J connectivity index is 2.65. The molecule has 1 heterocycles. The molecule has 0 saturated heterocycles. The summed E-state index contributed by atoms with van der Waals surface area (Å²) >= 11 is 0. The van der Waals surface area contributed by atoms with Gasteiger partial charge in [0.05, 0.1) is 5.69 Å². The monoisotopic (exact) mass is 195 g/mol. The van der Waals surface area contributed by atoms with Crippen molar-refractivity contribution in [2.75, 3.05) is 12.3 Å². The highest BCUT2D eigenvalue weighted by molar-refractivity contribution is 5.93. The number of nitrogens with zero attached hydrogens (tertiary/aromatic N) is 1. The normalized spacial score (nSPS) is 10.6. The van der Waals surface area contributed by atoms with E-state index >= 15 is 0 Å². The Hall–Kier alpha value is -1.45. The van der Waals surface area contributed by atoms with Crippen LogP contribution in [0.1, 0.15) is 24.3 Å². The van der Waals surface area contributed by atoms with Crippen LogP contribution in [0.5, 0.6) is 0 Å². The smallest absolute Gasteiger partial charge is 0.267 e. The average Bonchev–Trinajstić information content (AvgIpc) is 2.41. The molecule has 1 aromatic rings. The Morgan fingerprint density at radius 2 is 2.29 bits per heavy atom. The quantitative estimate of drug-likeness (QED) is 0.755. The zero-order valence-corrected chi connectivity index (χ0v) is 8.87. The van der Waals surface area contributed by atoms with E-state index in [4.69, 9.17) is 5.73 Å². The Labute approximate surface area is 84.1 Å². The van der Waals surface area contributed by atoms with Crippen LogP contribution in [0, 0.1) is 5.92 Å². The van der Waals surface area contributed by atoms with Gasteiger partial charge < -0.3 is 15.6 Å². The van der Waals surface area contributed by atoms with Crippen LogP contribution in [0.3, 0.4) is 0 Å². The van der Waals surface area contributed by atoms with E-state index in [0.29, 0.717) is 23.8 Å². The molecule has 14 heavy (non-hydrogen) atoms. The zero-order chi connectivity index (χ0) is 10.7. The second-order valence-electron chi connectivity index (χ2n) is 3.87. The van der Waals surface area contributed by atoms with Crippen LogP contribution in [-0.2, 0) is 7.05 Å². The van der Waals surface area contributed by atoms with E-state index in [2.05, 4.69) is 19.2 Å². The van der Waals surface area contributed by atoms with E-state index in [0.717, 1.165) is 0 Å². The van der Waals surface area contributed by atoms with Gasteiger partial charge in [0.15, 0.2) is 0 Å². The third-order valence-electron chi connectivity index (χ3n) is 1.93. The summed E-state index contributed by atoms with van der Waals surface area (Å²) in [5, 5.41) is 2.84. The van der Waals surface area contributed by atoms with Gasteiger partial charge in [0.25, 0.3) is 5.91 Å². The number of hydrogen-bond donors (Lipinski definition) is 2. The number of rotatable bonds is 3. The Morgan fingerprint density at radius 3 is 2.71 bits per heavy atom. The summed E-state index contributed by atoms with van der Waals surface area (Å²) in [4.78, 5) is 11.6. The second-order valence-corrected chi connectivity index (χ2v) is 3.87. The van der Waals surface area contributed by atoms with Crippen molar-refractivity contribution in [3.63, 3.8) is 0 Å². The van der Waals surface area contributed by atoms with E-state index in [1.54, 1.807) is 23.9 Å². The predicted molar refractivity (Wildman–Crippen MR) is 57.0 cm³/mol. The van der Waals surface area contributed by atoms with E-state index in [9.17, 15) is 4.79 Å². The van der Waals surface area contributed by atoms with Crippen molar-refractivity contribution in [1.29, 1.82) is 0 Å². The van der Waals surface area contributed by atoms with Crippen LogP contribution in [-0.4, -0.2) is 17.0 Å². The molecule has 0 bridgehead atoms. The molecule has 0 radical (unpaired) electrons. The lowest BCUT2D eigenvalue weighted by Gasteiger charge is -2.07. The molecule has 0 saturated carbocycles. The molecular weight excluding hydrogens is 178 g/mol. The van der Waals surface area contributed by atoms with E-state index in [1.165, 1.54) is 0 Å². The van der Waals surface area contributed by atoms with Crippen LogP contribution in [0.15, 0.2) is 12.3 Å². The molecule has 4 nitrogen and oxygen atoms in total. The molecule has 0 aromatic carbocycles. The molecule has 0 aliphatic heterocycles. The van der Waals surface area contributed by atoms with Gasteiger partial charge in [0.2, 0.25) is 0 Å². The Morgan fingerprint density at radius 1 is 1.64 bits per heavy atom. The standard InChI is InChI=1S/C10H17N3O/c1-7(2)5-12-10(14)9-4-8(11)6-13(9)3/h4,6-7H,5,11H2,1-3H3,(H,12,14). The second kappa shape index (κ2) is 4.17. The molecule has 3 N–H and O–H groups in total. The number of nitrogens with two attached hydrogens (primary N) is 1. The lowest BCUT2D eigenvalue weighted by Crippen LogP contribution is -2.28. The Bertz CT molecular complexity index is 328. The van der Waals surface area contributed by atoms with E-state index in [-0.39, 0.29) is 5.91 Å². The maximum absolute atomic E-state index is 11.6. The molecule has 1 aromatic heterocycles. The maximum atomic E-state index is 11.6. The SMILES string of the molecule is CC(C)CNC(=O)c1cc(N)cn1C. The number of aromatic nitrogens is 1. The number of carbonyl (C=O) groups excluding carboxylic acids is 1. The molecule has 4 heteroatoms. The van der Waals surface area contributed by atoms with Crippen LogP contribution in [0.4, 0.5) is 5.69 Å². The first-order chi connectivity index (χ1) is 6.50. The molecule has 0 atom stereocenters. The summed E-state index contributed by atoms with van der Waals surface area (Å²) < 4.78 is 1.73. The predicted octanol–water partition coefficient (Wildman–Crippen LogP) is 0.993. The fourth-order valence-electron chi connectivity index (χ4n) is 1.20. The van der Waals surface area contributed by atoms with E-state index in [1.807, 2.05) is 0 Å². The van der Waals surface area contributed by atoms with Crippen molar-refractivity contribution in [3.05, 3.63) is 18.0 Å². The summed E-state index contributed by atoms with van der Waals surface area (Å²) in [6, 6.07) is 1.68. The molecule has 0 unspecified atom stereocenters. The zero-order valence-electron chi connectivity index (χ0n) is 8.87. The van der Waals surface area contributed by atoms with Crippen LogP contribution in [0.25, 0.3) is 0 Å². The number of anilines is 1. The molecule has 0 fully saturated rings. The summed E-state index contributed by atoms with van der Waals surface area (Å²) in [6.45, 7) is 4.79. The van der Waals surface area contributed by atoms with Crippen molar-refractivity contribution in [3.8, 4) is 0 Å². The number of aryl methyl sites for hydroxylation is 1. The van der Waals surface area contributed by atoms with Crippen molar-refractivity contribution in [1.82, 2.24) is 9.88 Å². The average molecular weight is 195 g/mol. The molecule has 1 amide bonds. The highest BCUT2D eigenvalue weighted by atomic mass is 16.1.